The van der Waals surface area contributed by atoms with Gasteiger partial charge in [-0.1, -0.05) is 29.6 Å². The lowest BCUT2D eigenvalue weighted by molar-refractivity contribution is 0.102. The first-order valence-electron chi connectivity index (χ1n) is 9.01. The number of aromatic nitrogens is 3. The molecule has 1 N–H and O–H groups in total. The van der Waals surface area contributed by atoms with E-state index >= 15 is 0 Å². The fourth-order valence-electron chi connectivity index (χ4n) is 3.33. The lowest BCUT2D eigenvalue weighted by Crippen LogP contribution is -2.13. The molecule has 0 atom stereocenters. The van der Waals surface area contributed by atoms with E-state index in [1.807, 2.05) is 0 Å². The van der Waals surface area contributed by atoms with E-state index < -0.39 is 11.7 Å². The molecule has 144 valence electrons. The Bertz CT molecular complexity index is 1050. The molecule has 0 aliphatic carbocycles. The van der Waals surface area contributed by atoms with E-state index in [2.05, 4.69) is 20.1 Å². The van der Waals surface area contributed by atoms with Gasteiger partial charge in [-0.2, -0.15) is 0 Å². The molecule has 2 aromatic carbocycles. The van der Waals surface area contributed by atoms with Crippen molar-refractivity contribution in [3.05, 3.63) is 63.6 Å². The number of carbonyl (C=O) groups excluding carboxylic acids is 1. The van der Waals surface area contributed by atoms with Crippen molar-refractivity contribution in [2.24, 2.45) is 0 Å². The van der Waals surface area contributed by atoms with Gasteiger partial charge in [0.2, 0.25) is 0 Å². The summed E-state index contributed by atoms with van der Waals surface area (Å²) in [6.45, 7) is 0.843. The lowest BCUT2D eigenvalue weighted by atomic mass is 10.1. The summed E-state index contributed by atoms with van der Waals surface area (Å²) >= 11 is 12.4. The van der Waals surface area contributed by atoms with Gasteiger partial charge in [0.25, 0.3) is 5.91 Å². The van der Waals surface area contributed by atoms with Gasteiger partial charge in [0, 0.05) is 24.2 Å². The quantitative estimate of drug-likeness (QED) is 0.621. The van der Waals surface area contributed by atoms with Gasteiger partial charge >= 0.3 is 0 Å². The van der Waals surface area contributed by atoms with Crippen LogP contribution in [0.5, 0.6) is 0 Å². The predicted molar refractivity (Wildman–Crippen MR) is 107 cm³/mol. The summed E-state index contributed by atoms with van der Waals surface area (Å²) in [5, 5.41) is 12.0. The number of anilines is 1. The molecule has 2 heterocycles. The van der Waals surface area contributed by atoms with Crippen LogP contribution in [-0.4, -0.2) is 20.7 Å². The number of benzene rings is 2. The molecule has 1 aliphatic rings. The Hall–Kier alpha value is -2.44. The number of nitrogens with one attached hydrogen (secondary N) is 1. The minimum absolute atomic E-state index is 0.0504. The van der Waals surface area contributed by atoms with Crippen LogP contribution in [0.3, 0.4) is 0 Å². The van der Waals surface area contributed by atoms with Crippen LogP contribution in [0.2, 0.25) is 10.0 Å². The number of hydrogen-bond acceptors (Lipinski definition) is 3. The average Bonchev–Trinajstić information content (AvgIpc) is 2.91. The Morgan fingerprint density at radius 2 is 1.89 bits per heavy atom. The molecular formula is C20H17Cl2FN4O. The molecule has 0 unspecified atom stereocenters. The van der Waals surface area contributed by atoms with Gasteiger partial charge in [0.1, 0.15) is 11.6 Å². The first-order chi connectivity index (χ1) is 13.5. The highest BCUT2D eigenvalue weighted by Gasteiger charge is 2.19. The number of nitrogens with zero attached hydrogens (tertiary/aromatic N) is 3. The number of carbonyl (C=O) groups is 1. The maximum Gasteiger partial charge on any atom is 0.257 e. The first kappa shape index (κ1) is 18.9. The highest BCUT2D eigenvalue weighted by Crippen LogP contribution is 2.31. The molecule has 0 fully saturated rings. The monoisotopic (exact) mass is 418 g/mol. The molecule has 8 heteroatoms. The van der Waals surface area contributed by atoms with Gasteiger partial charge in [0.05, 0.1) is 15.6 Å². The molecule has 0 bridgehead atoms. The van der Waals surface area contributed by atoms with Gasteiger partial charge in [-0.3, -0.25) is 4.79 Å². The molecule has 3 aromatic rings. The Labute approximate surface area is 171 Å². The average molecular weight is 419 g/mol. The summed E-state index contributed by atoms with van der Waals surface area (Å²) in [5.41, 5.74) is 1.43. The zero-order valence-corrected chi connectivity index (χ0v) is 16.4. The molecule has 0 radical (unpaired) electrons. The normalized spacial score (nSPS) is 13.7. The summed E-state index contributed by atoms with van der Waals surface area (Å²) in [4.78, 5) is 12.5. The van der Waals surface area contributed by atoms with Crippen molar-refractivity contribution in [3.63, 3.8) is 0 Å². The molecule has 1 amide bonds. The Morgan fingerprint density at radius 3 is 2.71 bits per heavy atom. The van der Waals surface area contributed by atoms with Crippen LogP contribution in [0.4, 0.5) is 10.1 Å². The lowest BCUT2D eigenvalue weighted by Gasteiger charge is -2.11. The fraction of sp³-hybridized carbons (Fsp3) is 0.250. The largest absolute Gasteiger partial charge is 0.322 e. The highest BCUT2D eigenvalue weighted by atomic mass is 35.5. The number of halogens is 3. The number of hydrogen-bond donors (Lipinski definition) is 1. The van der Waals surface area contributed by atoms with E-state index in [-0.39, 0.29) is 10.6 Å². The van der Waals surface area contributed by atoms with Gasteiger partial charge in [-0.25, -0.2) is 4.39 Å². The van der Waals surface area contributed by atoms with Crippen LogP contribution in [-0.2, 0) is 13.0 Å². The van der Waals surface area contributed by atoms with Crippen molar-refractivity contribution >= 4 is 34.8 Å². The number of aryl methyl sites for hydroxylation is 1. The van der Waals surface area contributed by atoms with E-state index in [4.69, 9.17) is 23.2 Å². The minimum Gasteiger partial charge on any atom is -0.322 e. The second-order valence-electron chi connectivity index (χ2n) is 6.68. The second-order valence-corrected chi connectivity index (χ2v) is 7.49. The van der Waals surface area contributed by atoms with Crippen LogP contribution < -0.4 is 5.32 Å². The molecule has 5 nitrogen and oxygen atoms in total. The Kier molecular flexibility index (Phi) is 5.33. The zero-order chi connectivity index (χ0) is 19.7. The van der Waals surface area contributed by atoms with Crippen LogP contribution in [0.25, 0.3) is 11.4 Å². The standard InChI is InChI=1S/C20H17Cl2FN4O/c21-16-8-6-13(24-20(28)14-7-5-12(23)10-17(14)22)11-15(16)19-26-25-18-4-2-1-3-9-27(18)19/h5-8,10-11H,1-4,9H2,(H,24,28). The SMILES string of the molecule is O=C(Nc1ccc(Cl)c(-c2nnc3n2CCCCC3)c1)c1ccc(F)cc1Cl. The predicted octanol–water partition coefficient (Wildman–Crippen LogP) is 5.37. The van der Waals surface area contributed by atoms with E-state index in [1.54, 1.807) is 18.2 Å². The van der Waals surface area contributed by atoms with Crippen LogP contribution in [0.1, 0.15) is 35.4 Å². The third-order valence-electron chi connectivity index (χ3n) is 4.75. The van der Waals surface area contributed by atoms with Crippen LogP contribution in [0.15, 0.2) is 36.4 Å². The van der Waals surface area contributed by atoms with E-state index in [0.29, 0.717) is 22.1 Å². The van der Waals surface area contributed by atoms with Crippen molar-refractivity contribution in [2.75, 3.05) is 5.32 Å². The van der Waals surface area contributed by atoms with Crippen molar-refractivity contribution < 1.29 is 9.18 Å². The third kappa shape index (κ3) is 3.75. The summed E-state index contributed by atoms with van der Waals surface area (Å²) < 4.78 is 15.3. The molecule has 4 rings (SSSR count). The second kappa shape index (κ2) is 7.89. The molecule has 1 aliphatic heterocycles. The van der Waals surface area contributed by atoms with E-state index in [9.17, 15) is 9.18 Å². The molecule has 1 aromatic heterocycles. The number of fused-ring (bicyclic) bond motifs is 1. The smallest absolute Gasteiger partial charge is 0.257 e. The molecular weight excluding hydrogens is 402 g/mol. The maximum absolute atomic E-state index is 13.2. The van der Waals surface area contributed by atoms with Gasteiger partial charge in [-0.05, 0) is 49.2 Å². The van der Waals surface area contributed by atoms with Gasteiger partial charge < -0.3 is 9.88 Å². The van der Waals surface area contributed by atoms with Gasteiger partial charge in [0.15, 0.2) is 5.82 Å². The fourth-order valence-corrected chi connectivity index (χ4v) is 3.79. The highest BCUT2D eigenvalue weighted by molar-refractivity contribution is 6.34. The van der Waals surface area contributed by atoms with Crippen molar-refractivity contribution in [1.29, 1.82) is 0 Å². The molecule has 0 spiro atoms. The van der Waals surface area contributed by atoms with Gasteiger partial charge in [-0.15, -0.1) is 10.2 Å². The Balaban J connectivity index is 1.65. The van der Waals surface area contributed by atoms with Crippen molar-refractivity contribution in [3.8, 4) is 11.4 Å². The molecule has 0 saturated heterocycles. The molecule has 0 saturated carbocycles. The number of amides is 1. The summed E-state index contributed by atoms with van der Waals surface area (Å²) in [6.07, 6.45) is 4.21. The third-order valence-corrected chi connectivity index (χ3v) is 5.39. The van der Waals surface area contributed by atoms with Crippen LogP contribution in [0, 0.1) is 5.82 Å². The minimum atomic E-state index is -0.497. The van der Waals surface area contributed by atoms with E-state index in [0.717, 1.165) is 44.1 Å². The van der Waals surface area contributed by atoms with E-state index in [1.165, 1.54) is 12.1 Å². The first-order valence-corrected chi connectivity index (χ1v) is 9.77. The maximum atomic E-state index is 13.2. The van der Waals surface area contributed by atoms with Crippen LogP contribution >= 0.6 is 23.2 Å². The van der Waals surface area contributed by atoms with Crippen molar-refractivity contribution in [1.82, 2.24) is 14.8 Å². The molecule has 28 heavy (non-hydrogen) atoms. The number of rotatable bonds is 3. The zero-order valence-electron chi connectivity index (χ0n) is 14.9. The summed E-state index contributed by atoms with van der Waals surface area (Å²) in [7, 11) is 0. The Morgan fingerprint density at radius 1 is 1.04 bits per heavy atom. The van der Waals surface area contributed by atoms with Crippen molar-refractivity contribution in [2.45, 2.75) is 32.2 Å². The topological polar surface area (TPSA) is 59.8 Å². The summed E-state index contributed by atoms with van der Waals surface area (Å²) in [5.74, 6) is 0.718. The summed E-state index contributed by atoms with van der Waals surface area (Å²) in [6, 6.07) is 8.81.